The summed E-state index contributed by atoms with van der Waals surface area (Å²) in [6.07, 6.45) is 0. The fourth-order valence-electron chi connectivity index (χ4n) is 4.94. The van der Waals surface area contributed by atoms with Crippen molar-refractivity contribution < 1.29 is 14.4 Å². The molecule has 1 aliphatic rings. The van der Waals surface area contributed by atoms with Gasteiger partial charge in [-0.1, -0.05) is 42.5 Å². The van der Waals surface area contributed by atoms with Gasteiger partial charge in [-0.2, -0.15) is 0 Å². The third kappa shape index (κ3) is 4.58. The molecule has 0 fully saturated rings. The first-order chi connectivity index (χ1) is 17.1. The second-order valence-electron chi connectivity index (χ2n) is 9.62. The molecule has 0 saturated heterocycles. The van der Waals surface area contributed by atoms with E-state index in [1.165, 1.54) is 6.92 Å². The Morgan fingerprint density at radius 1 is 1.03 bits per heavy atom. The maximum Gasteiger partial charge on any atom is 0.252 e. The van der Waals surface area contributed by atoms with E-state index in [0.29, 0.717) is 17.9 Å². The van der Waals surface area contributed by atoms with E-state index < -0.39 is 18.1 Å². The molecule has 3 amide bonds. The number of fused-ring (bicyclic) bond motifs is 2. The number of carbonyl (C=O) groups excluding carboxylic acids is 3. The largest absolute Gasteiger partial charge is 0.341 e. The van der Waals surface area contributed by atoms with Crippen LogP contribution < -0.4 is 20.4 Å². The molecular formula is C29H34N4O3. The van der Waals surface area contributed by atoms with Crippen molar-refractivity contribution >= 4 is 39.9 Å². The number of likely N-dealkylation sites (N-methyl/N-ethyl adjacent to an activating group) is 1. The molecule has 0 saturated carbocycles. The van der Waals surface area contributed by atoms with E-state index in [1.807, 2.05) is 51.1 Å². The van der Waals surface area contributed by atoms with Crippen LogP contribution in [0.25, 0.3) is 10.8 Å². The molecule has 1 unspecified atom stereocenters. The first-order valence-corrected chi connectivity index (χ1v) is 12.3. The van der Waals surface area contributed by atoms with Crippen molar-refractivity contribution in [2.24, 2.45) is 0 Å². The summed E-state index contributed by atoms with van der Waals surface area (Å²) >= 11 is 0. The second-order valence-corrected chi connectivity index (χ2v) is 9.62. The van der Waals surface area contributed by atoms with Gasteiger partial charge in [0.25, 0.3) is 5.91 Å². The monoisotopic (exact) mass is 486 g/mol. The summed E-state index contributed by atoms with van der Waals surface area (Å²) in [6.45, 7) is 9.36. The van der Waals surface area contributed by atoms with Crippen LogP contribution in [0.15, 0.2) is 54.6 Å². The Labute approximate surface area is 212 Å². The fraction of sp³-hybridized carbons (Fsp3) is 0.345. The third-order valence-corrected chi connectivity index (χ3v) is 7.16. The summed E-state index contributed by atoms with van der Waals surface area (Å²) in [7, 11) is 1.69. The van der Waals surface area contributed by atoms with Crippen molar-refractivity contribution in [2.45, 2.75) is 59.3 Å². The van der Waals surface area contributed by atoms with E-state index in [1.54, 1.807) is 23.8 Å². The highest BCUT2D eigenvalue weighted by molar-refractivity contribution is 6.09. The van der Waals surface area contributed by atoms with Crippen molar-refractivity contribution in [1.82, 2.24) is 10.6 Å². The van der Waals surface area contributed by atoms with Gasteiger partial charge >= 0.3 is 0 Å². The summed E-state index contributed by atoms with van der Waals surface area (Å²) in [5, 5.41) is 8.01. The van der Waals surface area contributed by atoms with Gasteiger partial charge in [0.15, 0.2) is 0 Å². The summed E-state index contributed by atoms with van der Waals surface area (Å²) < 4.78 is 0. The van der Waals surface area contributed by atoms with Crippen molar-refractivity contribution in [2.75, 3.05) is 16.8 Å². The molecule has 0 bridgehead atoms. The number of amides is 3. The minimum absolute atomic E-state index is 0.189. The molecule has 2 N–H and O–H groups in total. The molecule has 4 rings (SSSR count). The Hall–Kier alpha value is -3.71. The lowest BCUT2D eigenvalue weighted by atomic mass is 9.98. The van der Waals surface area contributed by atoms with Gasteiger partial charge in [0, 0.05) is 6.92 Å². The highest BCUT2D eigenvalue weighted by Gasteiger charge is 2.41. The lowest BCUT2D eigenvalue weighted by molar-refractivity contribution is -0.129. The fourth-order valence-corrected chi connectivity index (χ4v) is 4.94. The Morgan fingerprint density at radius 2 is 1.75 bits per heavy atom. The van der Waals surface area contributed by atoms with Crippen LogP contribution >= 0.6 is 0 Å². The standard InChI is InChI=1S/C29H34N4O3/c1-17-11-14-25-26(15-17)33(21(5)34)20(4)27(31-28(35)19(3)30-6)29(36)32(25)16-24-18(2)12-13-22-9-7-8-10-23(22)24/h7-15,19-20,27,30H,16H2,1-6H3,(H,31,35)/t19-,20-,27?/m0/s1. The molecule has 36 heavy (non-hydrogen) atoms. The second kappa shape index (κ2) is 10.1. The van der Waals surface area contributed by atoms with Crippen LogP contribution in [0.2, 0.25) is 0 Å². The van der Waals surface area contributed by atoms with Crippen molar-refractivity contribution in [3.8, 4) is 0 Å². The molecule has 3 aromatic rings. The van der Waals surface area contributed by atoms with Crippen LogP contribution in [-0.4, -0.2) is 42.9 Å². The summed E-state index contributed by atoms with van der Waals surface area (Å²) in [5.74, 6) is -0.735. The molecule has 0 spiro atoms. The molecule has 0 aliphatic carbocycles. The number of hydrogen-bond donors (Lipinski definition) is 2. The molecule has 0 aromatic heterocycles. The van der Waals surface area contributed by atoms with Gasteiger partial charge in [-0.3, -0.25) is 14.4 Å². The van der Waals surface area contributed by atoms with E-state index in [2.05, 4.69) is 34.9 Å². The molecule has 3 atom stereocenters. The van der Waals surface area contributed by atoms with Crippen molar-refractivity contribution in [3.05, 3.63) is 71.3 Å². The van der Waals surface area contributed by atoms with Crippen LogP contribution in [0.3, 0.4) is 0 Å². The molecular weight excluding hydrogens is 452 g/mol. The quantitative estimate of drug-likeness (QED) is 0.574. The van der Waals surface area contributed by atoms with E-state index in [-0.39, 0.29) is 17.7 Å². The summed E-state index contributed by atoms with van der Waals surface area (Å²) in [4.78, 5) is 43.4. The molecule has 1 heterocycles. The predicted molar refractivity (Wildman–Crippen MR) is 144 cm³/mol. The zero-order valence-electron chi connectivity index (χ0n) is 21.8. The Balaban J connectivity index is 1.90. The van der Waals surface area contributed by atoms with Crippen molar-refractivity contribution in [3.63, 3.8) is 0 Å². The summed E-state index contributed by atoms with van der Waals surface area (Å²) in [6, 6.07) is 16.0. The Morgan fingerprint density at radius 3 is 2.44 bits per heavy atom. The number of carbonyl (C=O) groups is 3. The van der Waals surface area contributed by atoms with E-state index >= 15 is 0 Å². The molecule has 3 aromatic carbocycles. The van der Waals surface area contributed by atoms with E-state index in [0.717, 1.165) is 27.5 Å². The van der Waals surface area contributed by atoms with Gasteiger partial charge in [-0.25, -0.2) is 0 Å². The first kappa shape index (κ1) is 25.4. The average molecular weight is 487 g/mol. The van der Waals surface area contributed by atoms with Gasteiger partial charge in [-0.05, 0) is 74.3 Å². The molecule has 7 heteroatoms. The number of rotatable bonds is 5. The smallest absolute Gasteiger partial charge is 0.252 e. The zero-order chi connectivity index (χ0) is 26.1. The van der Waals surface area contributed by atoms with Crippen LogP contribution in [-0.2, 0) is 20.9 Å². The number of hydrogen-bond acceptors (Lipinski definition) is 4. The van der Waals surface area contributed by atoms with E-state index in [9.17, 15) is 14.4 Å². The number of nitrogens with zero attached hydrogens (tertiary/aromatic N) is 2. The minimum Gasteiger partial charge on any atom is -0.341 e. The lowest BCUT2D eigenvalue weighted by Gasteiger charge is -2.32. The number of nitrogens with one attached hydrogen (secondary N) is 2. The van der Waals surface area contributed by atoms with Gasteiger partial charge < -0.3 is 20.4 Å². The highest BCUT2D eigenvalue weighted by Crippen LogP contribution is 2.38. The van der Waals surface area contributed by atoms with Crippen molar-refractivity contribution in [1.29, 1.82) is 0 Å². The number of benzene rings is 3. The SMILES string of the molecule is CN[C@@H](C)C(=O)NC1C(=O)N(Cc2c(C)ccc3ccccc23)c2ccc(C)cc2N(C(C)=O)[C@H]1C. The topological polar surface area (TPSA) is 81.8 Å². The Bertz CT molecular complexity index is 1340. The molecule has 1 aliphatic heterocycles. The van der Waals surface area contributed by atoms with Crippen LogP contribution in [0.5, 0.6) is 0 Å². The van der Waals surface area contributed by atoms with Gasteiger partial charge in [0.05, 0.1) is 30.0 Å². The predicted octanol–water partition coefficient (Wildman–Crippen LogP) is 3.84. The molecule has 7 nitrogen and oxygen atoms in total. The lowest BCUT2D eigenvalue weighted by Crippen LogP contribution is -2.59. The molecule has 188 valence electrons. The van der Waals surface area contributed by atoms with Gasteiger partial charge in [-0.15, -0.1) is 0 Å². The normalized spacial score (nSPS) is 18.6. The van der Waals surface area contributed by atoms with Crippen LogP contribution in [0.1, 0.15) is 37.5 Å². The highest BCUT2D eigenvalue weighted by atomic mass is 16.2. The van der Waals surface area contributed by atoms with Crippen LogP contribution in [0, 0.1) is 13.8 Å². The molecule has 0 radical (unpaired) electrons. The Kier molecular flexibility index (Phi) is 7.13. The van der Waals surface area contributed by atoms with Crippen LogP contribution in [0.4, 0.5) is 11.4 Å². The maximum atomic E-state index is 14.2. The average Bonchev–Trinajstić information content (AvgIpc) is 2.93. The summed E-state index contributed by atoms with van der Waals surface area (Å²) in [5.41, 5.74) is 4.40. The number of anilines is 2. The zero-order valence-corrected chi connectivity index (χ0v) is 21.8. The van der Waals surface area contributed by atoms with Gasteiger partial charge in [0.1, 0.15) is 6.04 Å². The van der Waals surface area contributed by atoms with E-state index in [4.69, 9.17) is 0 Å². The maximum absolute atomic E-state index is 14.2. The minimum atomic E-state index is -0.916. The first-order valence-electron chi connectivity index (χ1n) is 12.3. The number of aryl methyl sites for hydroxylation is 2. The van der Waals surface area contributed by atoms with Gasteiger partial charge in [0.2, 0.25) is 11.8 Å². The third-order valence-electron chi connectivity index (χ3n) is 7.16.